The number of carbonyl (C=O) groups excluding carboxylic acids is 1. The number of ether oxygens (including phenoxy) is 1. The summed E-state index contributed by atoms with van der Waals surface area (Å²) in [5, 5.41) is 0. The lowest BCUT2D eigenvalue weighted by Crippen LogP contribution is -2.07. The minimum absolute atomic E-state index is 0.0708. The molecule has 0 heterocycles. The van der Waals surface area contributed by atoms with Crippen molar-refractivity contribution in [2.24, 2.45) is 5.92 Å². The molecule has 1 saturated carbocycles. The van der Waals surface area contributed by atoms with Gasteiger partial charge < -0.3 is 4.74 Å². The highest BCUT2D eigenvalue weighted by atomic mass is 16.5. The summed E-state index contributed by atoms with van der Waals surface area (Å²) in [5.41, 5.74) is 0. The van der Waals surface area contributed by atoms with Crippen LogP contribution in [0.25, 0.3) is 0 Å². The topological polar surface area (TPSA) is 26.3 Å². The highest BCUT2D eigenvalue weighted by Gasteiger charge is 2.13. The maximum atomic E-state index is 11.4. The maximum Gasteiger partial charge on any atom is 0.310 e. The maximum absolute atomic E-state index is 11.4. The second-order valence-electron chi connectivity index (χ2n) is 5.40. The molecule has 0 aromatic carbocycles. The van der Waals surface area contributed by atoms with Crippen LogP contribution >= 0.6 is 0 Å². The van der Waals surface area contributed by atoms with Crippen LogP contribution in [0.5, 0.6) is 0 Å². The van der Waals surface area contributed by atoms with Gasteiger partial charge in [0.1, 0.15) is 0 Å². The number of allylic oxidation sites excluding steroid dienone is 1. The fourth-order valence-corrected chi connectivity index (χ4v) is 2.58. The van der Waals surface area contributed by atoms with Gasteiger partial charge in [0.15, 0.2) is 0 Å². The zero-order valence-electron chi connectivity index (χ0n) is 11.8. The average Bonchev–Trinajstić information content (AvgIpc) is 2.40. The molecule has 0 spiro atoms. The van der Waals surface area contributed by atoms with Crippen molar-refractivity contribution in [1.29, 1.82) is 0 Å². The van der Waals surface area contributed by atoms with Gasteiger partial charge in [0.2, 0.25) is 0 Å². The first-order valence-electron chi connectivity index (χ1n) is 7.67. The molecule has 1 fully saturated rings. The van der Waals surface area contributed by atoms with Crippen molar-refractivity contribution >= 4 is 5.97 Å². The van der Waals surface area contributed by atoms with Gasteiger partial charge in [-0.3, -0.25) is 4.79 Å². The molecule has 0 atom stereocenters. The molecular weight excluding hydrogens is 224 g/mol. The van der Waals surface area contributed by atoms with Crippen LogP contribution in [0, 0.1) is 5.92 Å². The summed E-state index contributed by atoms with van der Waals surface area (Å²) in [4.78, 5) is 11.4. The molecule has 0 saturated heterocycles. The van der Waals surface area contributed by atoms with Crippen molar-refractivity contribution in [2.45, 2.75) is 77.6 Å². The third-order valence-corrected chi connectivity index (χ3v) is 3.74. The van der Waals surface area contributed by atoms with Crippen LogP contribution in [0.3, 0.4) is 0 Å². The van der Waals surface area contributed by atoms with Crippen molar-refractivity contribution in [3.8, 4) is 0 Å². The van der Waals surface area contributed by atoms with Crippen LogP contribution in [0.4, 0.5) is 0 Å². The van der Waals surface area contributed by atoms with E-state index in [0.717, 1.165) is 25.2 Å². The number of hydrogen-bond acceptors (Lipinski definition) is 2. The first kappa shape index (κ1) is 15.3. The molecule has 104 valence electrons. The van der Waals surface area contributed by atoms with Crippen LogP contribution in [-0.2, 0) is 9.53 Å². The average molecular weight is 252 g/mol. The van der Waals surface area contributed by atoms with Gasteiger partial charge in [-0.15, -0.1) is 0 Å². The molecule has 18 heavy (non-hydrogen) atoms. The quantitative estimate of drug-likeness (QED) is 0.346. The van der Waals surface area contributed by atoms with E-state index in [1.54, 1.807) is 6.26 Å². The summed E-state index contributed by atoms with van der Waals surface area (Å²) in [7, 11) is 0. The number of rotatable bonds is 8. The fraction of sp³-hybridized carbons (Fsp3) is 0.812. The highest BCUT2D eigenvalue weighted by Crippen LogP contribution is 2.27. The number of unbranched alkanes of at least 4 members (excludes halogenated alkanes) is 2. The van der Waals surface area contributed by atoms with Crippen molar-refractivity contribution in [1.82, 2.24) is 0 Å². The molecule has 2 nitrogen and oxygen atoms in total. The van der Waals surface area contributed by atoms with E-state index >= 15 is 0 Å². The third-order valence-electron chi connectivity index (χ3n) is 3.74. The van der Waals surface area contributed by atoms with Gasteiger partial charge in [-0.1, -0.05) is 45.4 Å². The van der Waals surface area contributed by atoms with Crippen LogP contribution in [0.1, 0.15) is 77.6 Å². The Labute approximate surface area is 112 Å². The molecule has 2 heteroatoms. The standard InChI is InChI=1S/C16H28O2/c1-2-3-4-8-14-18-16(17)13-9-12-15-10-6-5-7-11-15/h8,14-15H,2-7,9-13H2,1H3/b14-8+. The number of carbonyl (C=O) groups is 1. The van der Waals surface area contributed by atoms with Gasteiger partial charge in [-0.2, -0.15) is 0 Å². The van der Waals surface area contributed by atoms with E-state index in [1.807, 2.05) is 6.08 Å². The third kappa shape index (κ3) is 7.52. The smallest absolute Gasteiger partial charge is 0.310 e. The largest absolute Gasteiger partial charge is 0.435 e. The Morgan fingerprint density at radius 1 is 1.22 bits per heavy atom. The van der Waals surface area contributed by atoms with E-state index in [2.05, 4.69) is 6.92 Å². The Kier molecular flexibility index (Phi) is 8.62. The van der Waals surface area contributed by atoms with E-state index in [9.17, 15) is 4.79 Å². The predicted octanol–water partition coefficient (Wildman–Crippen LogP) is 4.98. The van der Waals surface area contributed by atoms with Gasteiger partial charge in [-0.05, 0) is 37.7 Å². The Morgan fingerprint density at radius 2 is 2.00 bits per heavy atom. The van der Waals surface area contributed by atoms with Crippen molar-refractivity contribution in [3.05, 3.63) is 12.3 Å². The zero-order chi connectivity index (χ0) is 13.1. The summed E-state index contributed by atoms with van der Waals surface area (Å²) in [6.45, 7) is 2.16. The lowest BCUT2D eigenvalue weighted by Gasteiger charge is -2.20. The number of esters is 1. The molecule has 1 aliphatic rings. The Morgan fingerprint density at radius 3 is 2.72 bits per heavy atom. The molecule has 0 aromatic rings. The molecular formula is C16H28O2. The lowest BCUT2D eigenvalue weighted by atomic mass is 9.86. The Balaban J connectivity index is 1.97. The summed E-state index contributed by atoms with van der Waals surface area (Å²) in [6.07, 6.45) is 16.5. The van der Waals surface area contributed by atoms with Crippen LogP contribution in [0.2, 0.25) is 0 Å². The molecule has 0 aliphatic heterocycles. The molecule has 1 aliphatic carbocycles. The molecule has 1 rings (SSSR count). The SMILES string of the molecule is CCCC/C=C/OC(=O)CCCC1CCCCC1. The minimum Gasteiger partial charge on any atom is -0.435 e. The van der Waals surface area contributed by atoms with E-state index < -0.39 is 0 Å². The predicted molar refractivity (Wildman–Crippen MR) is 75.2 cm³/mol. The Bertz CT molecular complexity index is 239. The minimum atomic E-state index is -0.0708. The van der Waals surface area contributed by atoms with Gasteiger partial charge in [0, 0.05) is 6.42 Å². The van der Waals surface area contributed by atoms with Crippen LogP contribution < -0.4 is 0 Å². The Hall–Kier alpha value is -0.790. The molecule has 0 unspecified atom stereocenters. The molecule has 0 aromatic heterocycles. The first-order chi connectivity index (χ1) is 8.83. The van der Waals surface area contributed by atoms with Crippen molar-refractivity contribution < 1.29 is 9.53 Å². The second kappa shape index (κ2) is 10.2. The van der Waals surface area contributed by atoms with Crippen molar-refractivity contribution in [3.63, 3.8) is 0 Å². The van der Waals surface area contributed by atoms with Gasteiger partial charge in [0.05, 0.1) is 6.26 Å². The summed E-state index contributed by atoms with van der Waals surface area (Å²) >= 11 is 0. The first-order valence-corrected chi connectivity index (χ1v) is 7.67. The van der Waals surface area contributed by atoms with E-state index in [0.29, 0.717) is 6.42 Å². The van der Waals surface area contributed by atoms with E-state index in [4.69, 9.17) is 4.74 Å². The second-order valence-corrected chi connectivity index (χ2v) is 5.40. The molecule has 0 amide bonds. The van der Waals surface area contributed by atoms with Crippen molar-refractivity contribution in [2.75, 3.05) is 0 Å². The monoisotopic (exact) mass is 252 g/mol. The zero-order valence-corrected chi connectivity index (χ0v) is 11.8. The summed E-state index contributed by atoms with van der Waals surface area (Å²) < 4.78 is 5.06. The van der Waals surface area contributed by atoms with Gasteiger partial charge >= 0.3 is 5.97 Å². The normalized spacial score (nSPS) is 17.2. The van der Waals surface area contributed by atoms with Crippen LogP contribution in [-0.4, -0.2) is 5.97 Å². The molecule has 0 N–H and O–H groups in total. The highest BCUT2D eigenvalue weighted by molar-refractivity contribution is 5.69. The van der Waals surface area contributed by atoms with E-state index in [-0.39, 0.29) is 5.97 Å². The summed E-state index contributed by atoms with van der Waals surface area (Å²) in [5.74, 6) is 0.796. The van der Waals surface area contributed by atoms with Gasteiger partial charge in [0.25, 0.3) is 0 Å². The fourth-order valence-electron chi connectivity index (χ4n) is 2.58. The number of hydrogen-bond donors (Lipinski definition) is 0. The van der Waals surface area contributed by atoms with Crippen LogP contribution in [0.15, 0.2) is 12.3 Å². The molecule has 0 radical (unpaired) electrons. The molecule has 0 bridgehead atoms. The van der Waals surface area contributed by atoms with E-state index in [1.165, 1.54) is 44.9 Å². The van der Waals surface area contributed by atoms with Gasteiger partial charge in [-0.25, -0.2) is 0 Å². The summed E-state index contributed by atoms with van der Waals surface area (Å²) in [6, 6.07) is 0. The lowest BCUT2D eigenvalue weighted by molar-refractivity contribution is -0.138.